The highest BCUT2D eigenvalue weighted by atomic mass is 16.5. The standard InChI is InChI=1S/C21H17N5O3/c1-26(21(28)23-14-5-3-2-4-6-14)15-7-9-16(10-8-15)29-20-24-18-13-22-12-11-17(18)19(27)25-20/h2-13H,1H3,(H,23,28)(H,24,25,27). The third-order valence-corrected chi connectivity index (χ3v) is 4.22. The number of ether oxygens (including phenoxy) is 1. The van der Waals surface area contributed by atoms with E-state index in [1.165, 1.54) is 11.1 Å². The first-order chi connectivity index (χ1) is 14.1. The summed E-state index contributed by atoms with van der Waals surface area (Å²) in [5.41, 5.74) is 1.87. The number of hydrogen-bond donors (Lipinski definition) is 2. The highest BCUT2D eigenvalue weighted by molar-refractivity contribution is 6.01. The molecular formula is C21H17N5O3. The van der Waals surface area contributed by atoms with E-state index in [1.54, 1.807) is 43.6 Å². The maximum atomic E-state index is 12.4. The Morgan fingerprint density at radius 3 is 2.55 bits per heavy atom. The van der Waals surface area contributed by atoms with Gasteiger partial charge in [0.25, 0.3) is 0 Å². The first-order valence-electron chi connectivity index (χ1n) is 8.78. The van der Waals surface area contributed by atoms with E-state index in [9.17, 15) is 9.90 Å². The number of anilines is 2. The number of nitrogens with one attached hydrogen (secondary N) is 1. The predicted octanol–water partition coefficient (Wildman–Crippen LogP) is 4.19. The van der Waals surface area contributed by atoms with Crippen LogP contribution in [0.3, 0.4) is 0 Å². The largest absolute Gasteiger partial charge is 0.493 e. The molecule has 2 heterocycles. The van der Waals surface area contributed by atoms with Gasteiger partial charge in [0.05, 0.1) is 17.1 Å². The van der Waals surface area contributed by atoms with Gasteiger partial charge < -0.3 is 15.2 Å². The van der Waals surface area contributed by atoms with Gasteiger partial charge in [-0.2, -0.15) is 9.97 Å². The van der Waals surface area contributed by atoms with Crippen molar-refractivity contribution in [2.75, 3.05) is 17.3 Å². The summed E-state index contributed by atoms with van der Waals surface area (Å²) >= 11 is 0. The maximum absolute atomic E-state index is 12.4. The van der Waals surface area contributed by atoms with Crippen LogP contribution in [0.15, 0.2) is 73.1 Å². The normalized spacial score (nSPS) is 10.5. The van der Waals surface area contributed by atoms with Gasteiger partial charge in [0.2, 0.25) is 5.88 Å². The molecule has 2 aromatic heterocycles. The maximum Gasteiger partial charge on any atom is 0.326 e. The van der Waals surface area contributed by atoms with E-state index >= 15 is 0 Å². The van der Waals surface area contributed by atoms with Crippen molar-refractivity contribution in [3.63, 3.8) is 0 Å². The quantitative estimate of drug-likeness (QED) is 0.545. The van der Waals surface area contributed by atoms with Gasteiger partial charge in [-0.3, -0.25) is 9.88 Å². The Kier molecular flexibility index (Phi) is 4.90. The number of pyridine rings is 1. The predicted molar refractivity (Wildman–Crippen MR) is 109 cm³/mol. The summed E-state index contributed by atoms with van der Waals surface area (Å²) in [6.45, 7) is 0. The molecule has 4 rings (SSSR count). The molecule has 0 aliphatic carbocycles. The molecule has 2 aromatic carbocycles. The van der Waals surface area contributed by atoms with E-state index in [2.05, 4.69) is 20.3 Å². The van der Waals surface area contributed by atoms with Crippen molar-refractivity contribution in [3.8, 4) is 17.6 Å². The summed E-state index contributed by atoms with van der Waals surface area (Å²) in [5, 5.41) is 13.3. The lowest BCUT2D eigenvalue weighted by atomic mass is 10.3. The molecule has 144 valence electrons. The van der Waals surface area contributed by atoms with Gasteiger partial charge in [-0.1, -0.05) is 18.2 Å². The second-order valence-corrected chi connectivity index (χ2v) is 6.17. The Bertz CT molecular complexity index is 1150. The number of rotatable bonds is 4. The summed E-state index contributed by atoms with van der Waals surface area (Å²) in [7, 11) is 1.67. The van der Waals surface area contributed by atoms with Gasteiger partial charge in [-0.25, -0.2) is 4.79 Å². The molecule has 29 heavy (non-hydrogen) atoms. The first-order valence-corrected chi connectivity index (χ1v) is 8.78. The third-order valence-electron chi connectivity index (χ3n) is 4.22. The number of carbonyl (C=O) groups excluding carboxylic acids is 1. The number of nitrogens with zero attached hydrogens (tertiary/aromatic N) is 4. The lowest BCUT2D eigenvalue weighted by Crippen LogP contribution is -2.31. The molecule has 0 aliphatic heterocycles. The van der Waals surface area contributed by atoms with Crippen LogP contribution in [0.1, 0.15) is 0 Å². The fraction of sp³-hybridized carbons (Fsp3) is 0.0476. The van der Waals surface area contributed by atoms with Crippen LogP contribution in [0.5, 0.6) is 17.6 Å². The van der Waals surface area contributed by atoms with Gasteiger partial charge in [-0.15, -0.1) is 0 Å². The van der Waals surface area contributed by atoms with E-state index in [0.29, 0.717) is 28.0 Å². The van der Waals surface area contributed by atoms with E-state index in [0.717, 1.165) is 0 Å². The summed E-state index contributed by atoms with van der Waals surface area (Å²) in [6, 6.07) is 17.4. The molecule has 0 bridgehead atoms. The second-order valence-electron chi connectivity index (χ2n) is 6.17. The Morgan fingerprint density at radius 1 is 1.03 bits per heavy atom. The Balaban J connectivity index is 1.47. The minimum atomic E-state index is -0.264. The third kappa shape index (κ3) is 4.06. The highest BCUT2D eigenvalue weighted by Gasteiger charge is 2.12. The van der Waals surface area contributed by atoms with Crippen molar-refractivity contribution in [1.29, 1.82) is 0 Å². The number of urea groups is 1. The SMILES string of the molecule is CN(C(=O)Nc1ccccc1)c1ccc(Oc2nc(O)c3ccncc3n2)cc1. The fourth-order valence-corrected chi connectivity index (χ4v) is 2.68. The number of amides is 2. The average molecular weight is 387 g/mol. The molecule has 2 amide bonds. The minimum absolute atomic E-state index is 0.00549. The van der Waals surface area contributed by atoms with Crippen LogP contribution in [0.2, 0.25) is 0 Å². The average Bonchev–Trinajstić information content (AvgIpc) is 2.74. The van der Waals surface area contributed by atoms with Crippen molar-refractivity contribution in [2.24, 2.45) is 0 Å². The Labute approximate surface area is 166 Å². The molecular weight excluding hydrogens is 370 g/mol. The number of aromatic nitrogens is 3. The molecule has 0 radical (unpaired) electrons. The summed E-state index contributed by atoms with van der Waals surface area (Å²) in [6.07, 6.45) is 3.07. The number of para-hydroxylation sites is 1. The van der Waals surface area contributed by atoms with Crippen molar-refractivity contribution < 1.29 is 14.6 Å². The smallest absolute Gasteiger partial charge is 0.326 e. The van der Waals surface area contributed by atoms with Crippen LogP contribution in [-0.4, -0.2) is 33.1 Å². The fourth-order valence-electron chi connectivity index (χ4n) is 2.68. The van der Waals surface area contributed by atoms with Crippen LogP contribution >= 0.6 is 0 Å². The molecule has 0 spiro atoms. The van der Waals surface area contributed by atoms with Crippen molar-refractivity contribution in [1.82, 2.24) is 15.0 Å². The summed E-state index contributed by atoms with van der Waals surface area (Å²) < 4.78 is 5.63. The number of benzene rings is 2. The lowest BCUT2D eigenvalue weighted by molar-refractivity contribution is 0.258. The van der Waals surface area contributed by atoms with Crippen LogP contribution in [0.25, 0.3) is 10.9 Å². The van der Waals surface area contributed by atoms with Gasteiger partial charge >= 0.3 is 12.0 Å². The van der Waals surface area contributed by atoms with Gasteiger partial charge in [-0.05, 0) is 42.5 Å². The molecule has 0 atom stereocenters. The van der Waals surface area contributed by atoms with E-state index < -0.39 is 0 Å². The monoisotopic (exact) mass is 387 g/mol. The molecule has 0 aliphatic rings. The van der Waals surface area contributed by atoms with Crippen molar-refractivity contribution >= 4 is 28.3 Å². The van der Waals surface area contributed by atoms with Gasteiger partial charge in [0.1, 0.15) is 5.75 Å². The second kappa shape index (κ2) is 7.81. The summed E-state index contributed by atoms with van der Waals surface area (Å²) in [5.74, 6) is 0.287. The zero-order chi connectivity index (χ0) is 20.2. The van der Waals surface area contributed by atoms with E-state index in [-0.39, 0.29) is 17.9 Å². The zero-order valence-electron chi connectivity index (χ0n) is 15.5. The number of carbonyl (C=O) groups is 1. The molecule has 8 nitrogen and oxygen atoms in total. The molecule has 2 N–H and O–H groups in total. The Hall–Kier alpha value is -4.20. The zero-order valence-corrected chi connectivity index (χ0v) is 15.5. The van der Waals surface area contributed by atoms with Crippen LogP contribution in [-0.2, 0) is 0 Å². The van der Waals surface area contributed by atoms with Gasteiger partial charge in [0.15, 0.2) is 0 Å². The molecule has 8 heteroatoms. The Morgan fingerprint density at radius 2 is 1.79 bits per heavy atom. The molecule has 4 aromatic rings. The van der Waals surface area contributed by atoms with Gasteiger partial charge in [0, 0.05) is 24.6 Å². The topological polar surface area (TPSA) is 100 Å². The molecule has 0 saturated carbocycles. The molecule has 0 fully saturated rings. The number of hydrogen-bond acceptors (Lipinski definition) is 6. The minimum Gasteiger partial charge on any atom is -0.493 e. The van der Waals surface area contributed by atoms with Crippen LogP contribution in [0, 0.1) is 0 Å². The number of fused-ring (bicyclic) bond motifs is 1. The van der Waals surface area contributed by atoms with Crippen LogP contribution < -0.4 is 15.0 Å². The van der Waals surface area contributed by atoms with Crippen molar-refractivity contribution in [2.45, 2.75) is 0 Å². The molecule has 0 saturated heterocycles. The van der Waals surface area contributed by atoms with E-state index in [1.807, 2.05) is 30.3 Å². The molecule has 0 unspecified atom stereocenters. The first kappa shape index (κ1) is 18.2. The van der Waals surface area contributed by atoms with Crippen LogP contribution in [0.4, 0.5) is 16.2 Å². The summed E-state index contributed by atoms with van der Waals surface area (Å²) in [4.78, 5) is 26.0. The highest BCUT2D eigenvalue weighted by Crippen LogP contribution is 2.27. The van der Waals surface area contributed by atoms with E-state index in [4.69, 9.17) is 4.74 Å². The van der Waals surface area contributed by atoms with Crippen molar-refractivity contribution in [3.05, 3.63) is 73.1 Å². The lowest BCUT2D eigenvalue weighted by Gasteiger charge is -2.18. The number of aromatic hydroxyl groups is 1.